The van der Waals surface area contributed by atoms with Crippen LogP contribution in [0.2, 0.25) is 0 Å². The first-order valence-electron chi connectivity index (χ1n) is 27.0. The summed E-state index contributed by atoms with van der Waals surface area (Å²) in [7, 11) is -6.81. The Labute approximate surface area is 465 Å². The minimum absolute atomic E-state index is 0.0127. The number of amides is 5. The summed E-state index contributed by atoms with van der Waals surface area (Å²) in [6.45, 7) is 0.363. The molecule has 8 N–H and O–H groups in total. The smallest absolute Gasteiger partial charge is 0.335 e. The zero-order chi connectivity index (χ0) is 56.9. The number of carboxylic acid groups (broad SMARTS) is 1. The normalized spacial score (nSPS) is 17.8. The lowest BCUT2D eigenvalue weighted by Crippen LogP contribution is -2.46. The second-order valence-corrected chi connectivity index (χ2v) is 25.6. The summed E-state index contributed by atoms with van der Waals surface area (Å²) < 4.78 is 48.0. The number of aromatic amines is 2. The number of hydrogen-bond donors (Lipinski definition) is 7. The first-order chi connectivity index (χ1) is 38.3. The monoisotopic (exact) mass is 1130 g/mol. The van der Waals surface area contributed by atoms with Crippen LogP contribution in [0, 0.1) is 10.8 Å². The van der Waals surface area contributed by atoms with Crippen LogP contribution in [0.25, 0.3) is 0 Å². The number of rotatable bonds is 12. The maximum absolute atomic E-state index is 13.7. The number of aromatic nitrogens is 8. The van der Waals surface area contributed by atoms with Gasteiger partial charge in [0.25, 0.3) is 17.8 Å². The van der Waals surface area contributed by atoms with Gasteiger partial charge in [-0.2, -0.15) is 10.4 Å². The Morgan fingerprint density at radius 2 is 1.09 bits per heavy atom. The van der Waals surface area contributed by atoms with Crippen LogP contribution in [0.3, 0.4) is 0 Å². The van der Waals surface area contributed by atoms with Gasteiger partial charge in [-0.15, -0.1) is 10.2 Å². The minimum Gasteiger partial charge on any atom is -0.478 e. The maximum atomic E-state index is 13.7. The fraction of sp³-hybridized carbons (Fsp3) is 0.455. The van der Waals surface area contributed by atoms with Gasteiger partial charge in [-0.3, -0.25) is 15.0 Å². The Morgan fingerprint density at radius 3 is 1.54 bits per heavy atom. The number of aromatic carboxylic acids is 1. The van der Waals surface area contributed by atoms with E-state index in [-0.39, 0.29) is 57.3 Å². The first kappa shape index (κ1) is 58.4. The highest BCUT2D eigenvalue weighted by Crippen LogP contribution is 2.50. The van der Waals surface area contributed by atoms with E-state index in [1.54, 1.807) is 53.4 Å². The molecule has 0 bridgehead atoms. The standard InChI is InChI=1S/C28H35N7O4S.C26H32N2O5S.CH3N5/c1-40(38,39)24-7-5-6-22(18-24)29-27(37)35(23-12-16-28(17-13-23)14-3-2-4-15-28)19-20-8-10-21(11-9-20)25(36)30-26-31-33-34-32-26;1-34(32,33)23-7-5-6-20(18-23)27-25(31)28(21-10-8-19(9-11-21)24(29)30)22-12-16-26(17-13-22)14-3-2-4-15-26;2-1-3-5-6-4-1/h5-11,18,23H,2-4,12-17,19H2,1H3,(H,29,37)(H2,30,31,32,33,34,36);5-11,18,22H,2-4,12-17H2,1H3,(H,27,31)(H,29,30);(H3,2,3,4,5,6). The van der Waals surface area contributed by atoms with Crippen molar-refractivity contribution in [3.63, 3.8) is 0 Å². The summed E-state index contributed by atoms with van der Waals surface area (Å²) >= 11 is 0. The fourth-order valence-electron chi connectivity index (χ4n) is 11.7. The third-order valence-electron chi connectivity index (χ3n) is 16.1. The molecule has 4 aromatic carbocycles. The number of nitrogen functional groups attached to an aromatic ring is 1. The summed E-state index contributed by atoms with van der Waals surface area (Å²) in [6.07, 6.45) is 23.1. The highest BCUT2D eigenvalue weighted by atomic mass is 32.2. The lowest BCUT2D eigenvalue weighted by molar-refractivity contribution is 0.0696. The van der Waals surface area contributed by atoms with Gasteiger partial charge in [-0.25, -0.2) is 31.2 Å². The quantitative estimate of drug-likeness (QED) is 0.0600. The molecule has 23 nitrogen and oxygen atoms in total. The number of nitrogens with zero attached hydrogens (tertiary/aromatic N) is 8. The zero-order valence-electron chi connectivity index (χ0n) is 45.0. The van der Waals surface area contributed by atoms with Gasteiger partial charge in [0.15, 0.2) is 19.7 Å². The Morgan fingerprint density at radius 1 is 0.600 bits per heavy atom. The van der Waals surface area contributed by atoms with Crippen molar-refractivity contribution in [3.8, 4) is 0 Å². The number of H-pyrrole nitrogens is 2. The molecule has 2 aromatic heterocycles. The Balaban J connectivity index is 0.000000192. The highest BCUT2D eigenvalue weighted by Gasteiger charge is 2.41. The molecule has 0 atom stereocenters. The number of hydrogen-bond acceptors (Lipinski definition) is 15. The molecule has 4 fully saturated rings. The summed E-state index contributed by atoms with van der Waals surface area (Å²) in [4.78, 5) is 54.9. The number of carboxylic acids is 1. The van der Waals surface area contributed by atoms with Gasteiger partial charge in [0.1, 0.15) is 0 Å². The van der Waals surface area contributed by atoms with E-state index in [0.717, 1.165) is 69.4 Å². The van der Waals surface area contributed by atoms with Crippen LogP contribution in [-0.4, -0.2) is 117 Å². The average molecular weight is 1140 g/mol. The van der Waals surface area contributed by atoms with E-state index < -0.39 is 25.6 Å². The van der Waals surface area contributed by atoms with Crippen molar-refractivity contribution in [1.29, 1.82) is 0 Å². The SMILES string of the molecule is CS(=O)(=O)c1cccc(NC(=O)N(Cc2ccc(C(=O)Nc3nn[nH]n3)cc2)C2CCC3(CCCCC3)CC2)c1.CS(=O)(=O)c1cccc(NC(=O)N(c2ccc(C(=O)O)cc2)C2CCC3(CCCCC3)CC2)c1.Nc1nn[nH]n1. The number of tetrazole rings is 2. The molecule has 6 aromatic rings. The van der Waals surface area contributed by atoms with Gasteiger partial charge in [-0.1, -0.05) is 73.0 Å². The lowest BCUT2D eigenvalue weighted by atomic mass is 9.64. The van der Waals surface area contributed by atoms with Gasteiger partial charge in [0.2, 0.25) is 0 Å². The van der Waals surface area contributed by atoms with Crippen molar-refractivity contribution in [2.45, 2.75) is 144 Å². The third kappa shape index (κ3) is 15.7. The van der Waals surface area contributed by atoms with Crippen LogP contribution in [0.4, 0.5) is 38.5 Å². The van der Waals surface area contributed by atoms with E-state index in [0.29, 0.717) is 40.0 Å². The van der Waals surface area contributed by atoms with Crippen molar-refractivity contribution >= 4 is 72.6 Å². The molecule has 0 radical (unpaired) electrons. The molecular formula is C55H70N14O9S2. The molecule has 0 unspecified atom stereocenters. The van der Waals surface area contributed by atoms with Gasteiger partial charge < -0.3 is 26.4 Å². The second kappa shape index (κ2) is 26.0. The predicted molar refractivity (Wildman–Crippen MR) is 301 cm³/mol. The molecule has 4 aliphatic carbocycles. The summed E-state index contributed by atoms with van der Waals surface area (Å²) in [5.41, 5.74) is 8.71. The molecular weight excluding hydrogens is 1060 g/mol. The zero-order valence-corrected chi connectivity index (χ0v) is 46.6. The number of benzene rings is 4. The second-order valence-electron chi connectivity index (χ2n) is 21.6. The molecule has 80 heavy (non-hydrogen) atoms. The Bertz CT molecular complexity index is 3260. The van der Waals surface area contributed by atoms with Crippen molar-refractivity contribution in [2.24, 2.45) is 10.8 Å². The van der Waals surface area contributed by atoms with E-state index in [1.165, 1.54) is 101 Å². The van der Waals surface area contributed by atoms with Gasteiger partial charge in [-0.05, 0) is 177 Å². The Kier molecular flexibility index (Phi) is 19.0. The summed E-state index contributed by atoms with van der Waals surface area (Å²) in [5, 5.41) is 42.8. The van der Waals surface area contributed by atoms with Crippen LogP contribution < -0.4 is 26.6 Å². The van der Waals surface area contributed by atoms with Crippen molar-refractivity contribution < 1.29 is 41.1 Å². The van der Waals surface area contributed by atoms with Crippen LogP contribution in [0.15, 0.2) is 107 Å². The van der Waals surface area contributed by atoms with E-state index in [2.05, 4.69) is 57.2 Å². The number of carbonyl (C=O) groups excluding carboxylic acids is 3. The largest absolute Gasteiger partial charge is 0.478 e. The van der Waals surface area contributed by atoms with Crippen molar-refractivity contribution in [1.82, 2.24) is 46.1 Å². The highest BCUT2D eigenvalue weighted by molar-refractivity contribution is 7.91. The van der Waals surface area contributed by atoms with E-state index in [9.17, 15) is 41.1 Å². The average Bonchev–Trinajstić information content (AvgIpc) is 4.17. The predicted octanol–water partition coefficient (Wildman–Crippen LogP) is 9.28. The van der Waals surface area contributed by atoms with Crippen LogP contribution >= 0.6 is 0 Å². The molecule has 2 heterocycles. The van der Waals surface area contributed by atoms with Crippen LogP contribution in [0.5, 0.6) is 0 Å². The van der Waals surface area contributed by atoms with E-state index in [4.69, 9.17) is 5.73 Å². The van der Waals surface area contributed by atoms with Gasteiger partial charge >= 0.3 is 18.0 Å². The molecule has 4 aliphatic rings. The molecule has 2 spiro atoms. The molecule has 426 valence electrons. The molecule has 25 heteroatoms. The summed E-state index contributed by atoms with van der Waals surface area (Å²) in [5.74, 6) is -1.12. The number of carbonyl (C=O) groups is 4. The number of nitrogens with one attached hydrogen (secondary N) is 5. The number of sulfone groups is 2. The number of urea groups is 2. The van der Waals surface area contributed by atoms with E-state index in [1.807, 2.05) is 17.0 Å². The van der Waals surface area contributed by atoms with Crippen molar-refractivity contribution in [3.05, 3.63) is 114 Å². The molecule has 10 rings (SSSR count). The third-order valence-corrected chi connectivity index (χ3v) is 18.3. The molecule has 5 amide bonds. The Hall–Kier alpha value is -7.80. The van der Waals surface area contributed by atoms with Gasteiger partial charge in [0, 0.05) is 53.8 Å². The first-order valence-corrected chi connectivity index (χ1v) is 30.8. The van der Waals surface area contributed by atoms with E-state index >= 15 is 0 Å². The number of anilines is 5. The fourth-order valence-corrected chi connectivity index (χ4v) is 13.1. The topological polar surface area (TPSA) is 334 Å². The van der Waals surface area contributed by atoms with Crippen LogP contribution in [0.1, 0.15) is 142 Å². The minimum atomic E-state index is -3.40. The summed E-state index contributed by atoms with van der Waals surface area (Å²) in [6, 6.07) is 25.4. The van der Waals surface area contributed by atoms with Gasteiger partial charge in [0.05, 0.1) is 15.4 Å². The molecule has 0 aliphatic heterocycles. The maximum Gasteiger partial charge on any atom is 0.335 e. The molecule has 4 saturated carbocycles. The number of nitrogens with two attached hydrogens (primary N) is 1. The van der Waals surface area contributed by atoms with Crippen molar-refractivity contribution in [2.75, 3.05) is 39.1 Å². The lowest BCUT2D eigenvalue weighted by Gasteiger charge is -2.45. The molecule has 0 saturated heterocycles. The van der Waals surface area contributed by atoms with Crippen LogP contribution in [-0.2, 0) is 26.2 Å².